The number of piperazine rings is 1. The molecule has 1 aromatic heterocycles. The Bertz CT molecular complexity index is 1270. The number of carbonyl (C=O) groups excluding carboxylic acids is 1. The molecule has 202 valence electrons. The third-order valence-electron chi connectivity index (χ3n) is 6.69. The lowest BCUT2D eigenvalue weighted by Gasteiger charge is -2.40. The average molecular weight is 524 g/mol. The first-order chi connectivity index (χ1) is 17.2. The van der Waals surface area contributed by atoms with Crippen LogP contribution in [0.3, 0.4) is 0 Å². The Hall–Kier alpha value is -3.21. The third kappa shape index (κ3) is 5.14. The van der Waals surface area contributed by atoms with Crippen LogP contribution in [0.4, 0.5) is 18.0 Å². The van der Waals surface area contributed by atoms with E-state index >= 15 is 0 Å². The van der Waals surface area contributed by atoms with E-state index in [0.29, 0.717) is 30.8 Å². The zero-order valence-corrected chi connectivity index (χ0v) is 21.9. The molecule has 4 rings (SSSR count). The summed E-state index contributed by atoms with van der Waals surface area (Å²) in [6.07, 6.45) is -5.08. The number of pyridine rings is 1. The molecule has 0 N–H and O–H groups in total. The Balaban J connectivity index is 1.75. The smallest absolute Gasteiger partial charge is 0.417 e. The van der Waals surface area contributed by atoms with E-state index in [0.717, 1.165) is 6.07 Å². The van der Waals surface area contributed by atoms with E-state index in [1.54, 1.807) is 32.6 Å². The molecule has 11 heteroatoms. The Kier molecular flexibility index (Phi) is 6.96. The van der Waals surface area contributed by atoms with Crippen molar-refractivity contribution in [3.63, 3.8) is 0 Å². The first-order valence-corrected chi connectivity index (χ1v) is 12.0. The quantitative estimate of drug-likeness (QED) is 0.588. The summed E-state index contributed by atoms with van der Waals surface area (Å²) in [4.78, 5) is 29.8. The van der Waals surface area contributed by atoms with Crippen LogP contribution < -0.4 is 15.0 Å². The molecule has 1 fully saturated rings. The molecule has 1 amide bonds. The lowest BCUT2D eigenvalue weighted by atomic mass is 9.96. The van der Waals surface area contributed by atoms with Crippen molar-refractivity contribution in [1.29, 1.82) is 0 Å². The zero-order valence-electron chi connectivity index (χ0n) is 21.9. The largest absolute Gasteiger partial charge is 0.496 e. The summed E-state index contributed by atoms with van der Waals surface area (Å²) in [6, 6.07) is 3.47. The molecule has 0 saturated carbocycles. The summed E-state index contributed by atoms with van der Waals surface area (Å²) in [7, 11) is 2.75. The van der Waals surface area contributed by atoms with Crippen LogP contribution >= 0.6 is 0 Å². The van der Waals surface area contributed by atoms with Crippen molar-refractivity contribution < 1.29 is 32.2 Å². The maximum Gasteiger partial charge on any atom is 0.417 e. The minimum absolute atomic E-state index is 0.00641. The summed E-state index contributed by atoms with van der Waals surface area (Å²) in [5.41, 5.74) is -1.30. The molecule has 1 atom stereocenters. The standard InChI is InChI=1S/C26H32F3N3O5/c1-15-21(20-18(26(27,28)29)8-7-9-19(20)35-6)30(5)23(33)17-13-31-10-11-32(24(34)37-25(2,3)4)12-16(31)14-36-22(15)17/h7-9,16H,10-14H2,1-6H3/t16-/m1/s1. The van der Waals surface area contributed by atoms with Gasteiger partial charge >= 0.3 is 12.3 Å². The zero-order chi connectivity index (χ0) is 27.3. The summed E-state index contributed by atoms with van der Waals surface area (Å²) in [5, 5.41) is 0. The average Bonchev–Trinajstić information content (AvgIpc) is 3.00. The molecule has 1 saturated heterocycles. The second-order valence-electron chi connectivity index (χ2n) is 10.4. The number of hydrogen-bond donors (Lipinski definition) is 0. The van der Waals surface area contributed by atoms with Gasteiger partial charge in [0, 0.05) is 38.8 Å². The molecular formula is C26H32F3N3O5. The number of halogens is 3. The van der Waals surface area contributed by atoms with E-state index in [1.807, 2.05) is 0 Å². The highest BCUT2D eigenvalue weighted by atomic mass is 19.4. The van der Waals surface area contributed by atoms with Crippen LogP contribution in [-0.2, 0) is 24.5 Å². The first kappa shape index (κ1) is 26.8. The number of benzene rings is 1. The minimum atomic E-state index is -4.66. The predicted octanol–water partition coefficient (Wildman–Crippen LogP) is 4.20. The number of ether oxygens (including phenoxy) is 3. The van der Waals surface area contributed by atoms with E-state index < -0.39 is 29.0 Å². The van der Waals surface area contributed by atoms with Crippen LogP contribution in [0.5, 0.6) is 11.5 Å². The van der Waals surface area contributed by atoms with Crippen molar-refractivity contribution >= 4 is 6.09 Å². The number of hydrogen-bond acceptors (Lipinski definition) is 6. The van der Waals surface area contributed by atoms with E-state index in [1.165, 1.54) is 30.9 Å². The minimum Gasteiger partial charge on any atom is -0.496 e. The molecule has 1 aromatic carbocycles. The van der Waals surface area contributed by atoms with Crippen LogP contribution in [0.2, 0.25) is 0 Å². The number of rotatable bonds is 2. The Morgan fingerprint density at radius 2 is 1.86 bits per heavy atom. The Morgan fingerprint density at radius 3 is 2.49 bits per heavy atom. The highest BCUT2D eigenvalue weighted by Crippen LogP contribution is 2.44. The van der Waals surface area contributed by atoms with Gasteiger partial charge in [-0.2, -0.15) is 13.2 Å². The molecule has 2 aliphatic heterocycles. The van der Waals surface area contributed by atoms with Gasteiger partial charge in [0.1, 0.15) is 23.7 Å². The number of amides is 1. The molecule has 3 heterocycles. The lowest BCUT2D eigenvalue weighted by molar-refractivity contribution is -0.137. The van der Waals surface area contributed by atoms with Gasteiger partial charge in [0.05, 0.1) is 35.5 Å². The number of alkyl halides is 3. The van der Waals surface area contributed by atoms with Gasteiger partial charge in [-0.05, 0) is 39.8 Å². The van der Waals surface area contributed by atoms with Crippen molar-refractivity contribution in [3.05, 3.63) is 45.2 Å². The van der Waals surface area contributed by atoms with Crippen molar-refractivity contribution in [2.24, 2.45) is 7.05 Å². The molecule has 0 radical (unpaired) electrons. The van der Waals surface area contributed by atoms with Gasteiger partial charge in [-0.1, -0.05) is 6.07 Å². The summed E-state index contributed by atoms with van der Waals surface area (Å²) in [6.45, 7) is 8.75. The van der Waals surface area contributed by atoms with Crippen molar-refractivity contribution in [2.45, 2.75) is 52.1 Å². The molecule has 2 aliphatic rings. The fourth-order valence-electron chi connectivity index (χ4n) is 4.99. The van der Waals surface area contributed by atoms with E-state index in [2.05, 4.69) is 4.90 Å². The number of methoxy groups -OCH3 is 1. The van der Waals surface area contributed by atoms with E-state index in [9.17, 15) is 22.8 Å². The highest BCUT2D eigenvalue weighted by Gasteiger charge is 2.39. The van der Waals surface area contributed by atoms with Gasteiger partial charge in [0.2, 0.25) is 0 Å². The molecular weight excluding hydrogens is 491 g/mol. The van der Waals surface area contributed by atoms with Gasteiger partial charge in [-0.3, -0.25) is 9.69 Å². The first-order valence-electron chi connectivity index (χ1n) is 12.0. The van der Waals surface area contributed by atoms with Crippen molar-refractivity contribution in [3.8, 4) is 22.8 Å². The van der Waals surface area contributed by atoms with Crippen LogP contribution in [0.1, 0.15) is 37.5 Å². The Labute approximate surface area is 213 Å². The number of aromatic nitrogens is 1. The van der Waals surface area contributed by atoms with Crippen LogP contribution in [0.25, 0.3) is 11.3 Å². The fraction of sp³-hybridized carbons (Fsp3) is 0.538. The second-order valence-corrected chi connectivity index (χ2v) is 10.4. The molecule has 0 bridgehead atoms. The fourth-order valence-corrected chi connectivity index (χ4v) is 4.99. The van der Waals surface area contributed by atoms with Gasteiger partial charge in [-0.15, -0.1) is 0 Å². The molecule has 0 unspecified atom stereocenters. The third-order valence-corrected chi connectivity index (χ3v) is 6.69. The van der Waals surface area contributed by atoms with E-state index in [-0.39, 0.29) is 41.9 Å². The Morgan fingerprint density at radius 1 is 1.16 bits per heavy atom. The monoisotopic (exact) mass is 523 g/mol. The van der Waals surface area contributed by atoms with Gasteiger partial charge in [0.25, 0.3) is 5.56 Å². The molecule has 0 spiro atoms. The van der Waals surface area contributed by atoms with Gasteiger partial charge in [0.15, 0.2) is 0 Å². The molecule has 0 aliphatic carbocycles. The summed E-state index contributed by atoms with van der Waals surface area (Å²) in [5.74, 6) is 0.280. The van der Waals surface area contributed by atoms with Crippen LogP contribution in [-0.4, -0.2) is 65.5 Å². The summed E-state index contributed by atoms with van der Waals surface area (Å²) >= 11 is 0. The summed E-state index contributed by atoms with van der Waals surface area (Å²) < 4.78 is 60.1. The molecule has 2 aromatic rings. The second kappa shape index (κ2) is 9.59. The van der Waals surface area contributed by atoms with Gasteiger partial charge in [-0.25, -0.2) is 4.79 Å². The van der Waals surface area contributed by atoms with Crippen LogP contribution in [0, 0.1) is 6.92 Å². The normalized spacial score (nSPS) is 18.4. The molecule has 37 heavy (non-hydrogen) atoms. The maximum absolute atomic E-state index is 14.0. The predicted molar refractivity (Wildman–Crippen MR) is 131 cm³/mol. The molecule has 8 nitrogen and oxygen atoms in total. The highest BCUT2D eigenvalue weighted by molar-refractivity contribution is 5.77. The van der Waals surface area contributed by atoms with E-state index in [4.69, 9.17) is 14.2 Å². The number of carbonyl (C=O) groups is 1. The van der Waals surface area contributed by atoms with Crippen molar-refractivity contribution in [1.82, 2.24) is 14.4 Å². The van der Waals surface area contributed by atoms with Gasteiger partial charge < -0.3 is 23.7 Å². The maximum atomic E-state index is 14.0. The lowest BCUT2D eigenvalue weighted by Crippen LogP contribution is -2.56. The number of fused-ring (bicyclic) bond motifs is 2. The van der Waals surface area contributed by atoms with Crippen LogP contribution in [0.15, 0.2) is 23.0 Å². The number of nitrogens with zero attached hydrogens (tertiary/aromatic N) is 3. The van der Waals surface area contributed by atoms with Crippen molar-refractivity contribution in [2.75, 3.05) is 33.4 Å². The topological polar surface area (TPSA) is 73.2 Å². The SMILES string of the molecule is COc1cccc(C(F)(F)F)c1-c1c(C)c2c(c(=O)n1C)CN1CCN(C(=O)OC(C)(C)C)C[C@@H]1CO2.